The van der Waals surface area contributed by atoms with Gasteiger partial charge < -0.3 is 4.74 Å². The second kappa shape index (κ2) is 5.36. The van der Waals surface area contributed by atoms with Gasteiger partial charge in [-0.15, -0.1) is 0 Å². The second-order valence-corrected chi connectivity index (χ2v) is 4.43. The Hall–Kier alpha value is -1.29. The van der Waals surface area contributed by atoms with Crippen molar-refractivity contribution in [1.29, 1.82) is 0 Å². The second-order valence-electron chi connectivity index (χ2n) is 4.43. The largest absolute Gasteiger partial charge is 0.378 e. The van der Waals surface area contributed by atoms with Crippen LogP contribution in [-0.4, -0.2) is 23.5 Å². The zero-order chi connectivity index (χ0) is 12.3. The molecule has 2 rings (SSSR count). The van der Waals surface area contributed by atoms with Crippen LogP contribution in [0.1, 0.15) is 36.5 Å². The third kappa shape index (κ3) is 3.09. The molecule has 0 saturated heterocycles. The Balaban J connectivity index is 1.83. The van der Waals surface area contributed by atoms with Gasteiger partial charge in [-0.1, -0.05) is 0 Å². The molecule has 0 spiro atoms. The van der Waals surface area contributed by atoms with Crippen LogP contribution in [0.4, 0.5) is 4.39 Å². The minimum absolute atomic E-state index is 0.0306. The van der Waals surface area contributed by atoms with Gasteiger partial charge in [0, 0.05) is 24.8 Å². The smallest absolute Gasteiger partial charge is 0.164 e. The zero-order valence-electron chi connectivity index (χ0n) is 9.86. The van der Waals surface area contributed by atoms with E-state index >= 15 is 0 Å². The summed E-state index contributed by atoms with van der Waals surface area (Å²) in [5.41, 5.74) is 0.366. The van der Waals surface area contributed by atoms with E-state index in [1.165, 1.54) is 12.3 Å². The number of hydrogen-bond acceptors (Lipinski definition) is 3. The van der Waals surface area contributed by atoms with Crippen molar-refractivity contribution in [3.8, 4) is 0 Å². The first-order chi connectivity index (χ1) is 8.19. The molecular weight excluding hydrogens is 221 g/mol. The first kappa shape index (κ1) is 12.2. The molecule has 0 aromatic carbocycles. The topological polar surface area (TPSA) is 39.2 Å². The molecule has 0 bridgehead atoms. The van der Waals surface area contributed by atoms with Crippen molar-refractivity contribution in [2.75, 3.05) is 6.61 Å². The van der Waals surface area contributed by atoms with Gasteiger partial charge in [0.05, 0.1) is 12.3 Å². The Morgan fingerprint density at radius 2 is 2.29 bits per heavy atom. The minimum Gasteiger partial charge on any atom is -0.378 e. The van der Waals surface area contributed by atoms with Crippen LogP contribution < -0.4 is 0 Å². The van der Waals surface area contributed by atoms with E-state index < -0.39 is 5.82 Å². The summed E-state index contributed by atoms with van der Waals surface area (Å²) >= 11 is 0. The monoisotopic (exact) mass is 237 g/mol. The number of aromatic nitrogens is 1. The molecule has 92 valence electrons. The van der Waals surface area contributed by atoms with E-state index in [1.807, 2.05) is 6.92 Å². The van der Waals surface area contributed by atoms with Gasteiger partial charge in [-0.25, -0.2) is 4.39 Å². The number of rotatable bonds is 5. The minimum atomic E-state index is -0.461. The van der Waals surface area contributed by atoms with E-state index in [2.05, 4.69) is 4.98 Å². The van der Waals surface area contributed by atoms with Gasteiger partial charge in [0.25, 0.3) is 0 Å². The lowest BCUT2D eigenvalue weighted by atomic mass is 9.78. The molecule has 1 aromatic heterocycles. The Kier molecular flexibility index (Phi) is 3.84. The van der Waals surface area contributed by atoms with Crippen molar-refractivity contribution in [3.05, 3.63) is 29.8 Å². The van der Waals surface area contributed by atoms with E-state index in [0.29, 0.717) is 24.0 Å². The maximum absolute atomic E-state index is 12.9. The molecule has 0 aliphatic heterocycles. The highest BCUT2D eigenvalue weighted by atomic mass is 19.1. The van der Waals surface area contributed by atoms with Crippen LogP contribution in [0.5, 0.6) is 0 Å². The van der Waals surface area contributed by atoms with Crippen molar-refractivity contribution < 1.29 is 13.9 Å². The third-order valence-corrected chi connectivity index (χ3v) is 3.10. The highest BCUT2D eigenvalue weighted by Gasteiger charge is 2.31. The molecule has 0 unspecified atom stereocenters. The third-order valence-electron chi connectivity index (χ3n) is 3.10. The predicted octanol–water partition coefficient (Wildman–Crippen LogP) is 2.61. The molecule has 0 N–H and O–H groups in total. The summed E-state index contributed by atoms with van der Waals surface area (Å²) in [6.07, 6.45) is 5.16. The molecule has 1 aliphatic carbocycles. The molecule has 0 atom stereocenters. The summed E-state index contributed by atoms with van der Waals surface area (Å²) in [6, 6.07) is 1.24. The highest BCUT2D eigenvalue weighted by Crippen LogP contribution is 2.33. The van der Waals surface area contributed by atoms with Crippen molar-refractivity contribution in [2.45, 2.75) is 32.3 Å². The number of nitrogens with zero attached hydrogens (tertiary/aromatic N) is 1. The number of pyridine rings is 1. The van der Waals surface area contributed by atoms with Gasteiger partial charge in [-0.2, -0.15) is 0 Å². The molecule has 0 radical (unpaired) electrons. The van der Waals surface area contributed by atoms with E-state index in [0.717, 1.165) is 25.6 Å². The summed E-state index contributed by atoms with van der Waals surface area (Å²) in [6.45, 7) is 2.69. The lowest BCUT2D eigenvalue weighted by molar-refractivity contribution is -0.0246. The van der Waals surface area contributed by atoms with Crippen molar-refractivity contribution in [1.82, 2.24) is 4.98 Å². The summed E-state index contributed by atoms with van der Waals surface area (Å²) in [5.74, 6) is -0.115. The molecule has 1 aliphatic rings. The summed E-state index contributed by atoms with van der Waals surface area (Å²) in [4.78, 5) is 15.5. The van der Waals surface area contributed by atoms with Crippen LogP contribution >= 0.6 is 0 Å². The lowest BCUT2D eigenvalue weighted by Crippen LogP contribution is -2.32. The fourth-order valence-electron chi connectivity index (χ4n) is 2.16. The van der Waals surface area contributed by atoms with Crippen molar-refractivity contribution in [3.63, 3.8) is 0 Å². The average molecular weight is 237 g/mol. The fraction of sp³-hybridized carbons (Fsp3) is 0.538. The van der Waals surface area contributed by atoms with Crippen molar-refractivity contribution in [2.24, 2.45) is 5.92 Å². The van der Waals surface area contributed by atoms with E-state index in [9.17, 15) is 9.18 Å². The Labute approximate surface area is 100 Å². The Bertz CT molecular complexity index is 402. The van der Waals surface area contributed by atoms with Crippen LogP contribution in [0.3, 0.4) is 0 Å². The lowest BCUT2D eigenvalue weighted by Gasteiger charge is -2.34. The molecule has 1 heterocycles. The molecular formula is C13H16FNO2. The number of carbonyl (C=O) groups is 1. The van der Waals surface area contributed by atoms with Crippen LogP contribution in [0.2, 0.25) is 0 Å². The molecule has 0 amide bonds. The number of carbonyl (C=O) groups excluding carboxylic acids is 1. The molecule has 3 nitrogen and oxygen atoms in total. The van der Waals surface area contributed by atoms with Gasteiger partial charge in [0.2, 0.25) is 0 Å². The number of ketones is 1. The van der Waals surface area contributed by atoms with E-state index in [4.69, 9.17) is 4.74 Å². The van der Waals surface area contributed by atoms with Crippen LogP contribution in [0.15, 0.2) is 18.5 Å². The summed E-state index contributed by atoms with van der Waals surface area (Å²) in [7, 11) is 0. The van der Waals surface area contributed by atoms with E-state index in [-0.39, 0.29) is 5.78 Å². The molecule has 4 heteroatoms. The van der Waals surface area contributed by atoms with Gasteiger partial charge in [0.15, 0.2) is 5.78 Å². The SMILES string of the molecule is CCOC1CC(CC(=O)c2cncc(F)c2)C1. The maximum atomic E-state index is 12.9. The quantitative estimate of drug-likeness (QED) is 0.739. The van der Waals surface area contributed by atoms with Crippen LogP contribution in [0, 0.1) is 11.7 Å². The molecule has 1 aromatic rings. The van der Waals surface area contributed by atoms with Crippen LogP contribution in [-0.2, 0) is 4.74 Å². The highest BCUT2D eigenvalue weighted by molar-refractivity contribution is 5.95. The van der Waals surface area contributed by atoms with E-state index in [1.54, 1.807) is 0 Å². The molecule has 1 saturated carbocycles. The summed E-state index contributed by atoms with van der Waals surface area (Å²) in [5, 5.41) is 0. The van der Waals surface area contributed by atoms with Gasteiger partial charge in [-0.3, -0.25) is 9.78 Å². The maximum Gasteiger partial charge on any atom is 0.164 e. The Morgan fingerprint density at radius 3 is 2.94 bits per heavy atom. The first-order valence-corrected chi connectivity index (χ1v) is 5.94. The number of halogens is 1. The Morgan fingerprint density at radius 1 is 1.53 bits per heavy atom. The average Bonchev–Trinajstić information content (AvgIpc) is 2.26. The van der Waals surface area contributed by atoms with Gasteiger partial charge in [-0.05, 0) is 31.7 Å². The van der Waals surface area contributed by atoms with Crippen LogP contribution in [0.25, 0.3) is 0 Å². The number of Topliss-reactive ketones (excluding diaryl/α,β-unsaturated/α-hetero) is 1. The van der Waals surface area contributed by atoms with Gasteiger partial charge in [0.1, 0.15) is 5.82 Å². The summed E-state index contributed by atoms with van der Waals surface area (Å²) < 4.78 is 18.3. The number of ether oxygens (including phenoxy) is 1. The zero-order valence-corrected chi connectivity index (χ0v) is 9.86. The standard InChI is InChI=1S/C13H16FNO2/c1-2-17-12-3-9(4-12)5-13(16)10-6-11(14)8-15-7-10/h6-9,12H,2-5H2,1H3. The first-order valence-electron chi connectivity index (χ1n) is 5.94. The normalized spacial score (nSPS) is 23.2. The van der Waals surface area contributed by atoms with Gasteiger partial charge >= 0.3 is 0 Å². The molecule has 1 fully saturated rings. The van der Waals surface area contributed by atoms with Crippen molar-refractivity contribution >= 4 is 5.78 Å². The number of hydrogen-bond donors (Lipinski definition) is 0. The molecule has 17 heavy (non-hydrogen) atoms. The fourth-order valence-corrected chi connectivity index (χ4v) is 2.16. The predicted molar refractivity (Wildman–Crippen MR) is 61.3 cm³/mol.